The molecule has 5 nitrogen and oxygen atoms in total. The molecule has 0 fully saturated rings. The van der Waals surface area contributed by atoms with E-state index in [9.17, 15) is 14.0 Å². The van der Waals surface area contributed by atoms with Gasteiger partial charge in [-0.05, 0) is 12.1 Å². The molecule has 1 aromatic carbocycles. The normalized spacial score (nSPS) is 14.1. The van der Waals surface area contributed by atoms with Crippen molar-refractivity contribution >= 4 is 29.0 Å². The van der Waals surface area contributed by atoms with Crippen LogP contribution in [0.1, 0.15) is 16.1 Å². The topological polar surface area (TPSA) is 55.2 Å². The van der Waals surface area contributed by atoms with Crippen molar-refractivity contribution < 1.29 is 14.0 Å². The third kappa shape index (κ3) is 1.80. The monoisotopic (exact) mass is 293 g/mol. The number of carbonyl (C=O) groups is 2. The number of hydrogen-bond donors (Lipinski definition) is 0. The standard InChI is InChI=1S/C13H9ClFN3O2/c1-17-6-16-4-7(17)5-18-11-3-10(15)9(14)2-8(11)12(19)13(18)20/h2-4,6H,5H2,1H3. The third-order valence-corrected chi connectivity index (χ3v) is 3.54. The second kappa shape index (κ2) is 4.42. The van der Waals surface area contributed by atoms with Crippen molar-refractivity contribution in [1.29, 1.82) is 0 Å². The van der Waals surface area contributed by atoms with Crippen molar-refractivity contribution in [3.63, 3.8) is 0 Å². The maximum absolute atomic E-state index is 13.6. The van der Waals surface area contributed by atoms with E-state index in [0.29, 0.717) is 0 Å². The highest BCUT2D eigenvalue weighted by atomic mass is 35.5. The lowest BCUT2D eigenvalue weighted by Gasteiger charge is -2.16. The largest absolute Gasteiger partial charge is 0.336 e. The van der Waals surface area contributed by atoms with Crippen molar-refractivity contribution in [1.82, 2.24) is 9.55 Å². The summed E-state index contributed by atoms with van der Waals surface area (Å²) >= 11 is 5.65. The van der Waals surface area contributed by atoms with Crippen LogP contribution >= 0.6 is 11.6 Å². The summed E-state index contributed by atoms with van der Waals surface area (Å²) in [7, 11) is 1.77. The van der Waals surface area contributed by atoms with Gasteiger partial charge in [-0.25, -0.2) is 9.37 Å². The molecular weight excluding hydrogens is 285 g/mol. The lowest BCUT2D eigenvalue weighted by molar-refractivity contribution is -0.114. The Bertz CT molecular complexity index is 741. The van der Waals surface area contributed by atoms with E-state index in [4.69, 9.17) is 11.6 Å². The van der Waals surface area contributed by atoms with E-state index in [0.717, 1.165) is 11.8 Å². The minimum Gasteiger partial charge on any atom is -0.336 e. The Morgan fingerprint density at radius 3 is 2.75 bits per heavy atom. The molecule has 1 aliphatic rings. The Hall–Kier alpha value is -2.21. The number of nitrogens with zero attached hydrogens (tertiary/aromatic N) is 3. The fraction of sp³-hybridized carbons (Fsp3) is 0.154. The summed E-state index contributed by atoms with van der Waals surface area (Å²) < 4.78 is 15.3. The van der Waals surface area contributed by atoms with Crippen molar-refractivity contribution in [3.8, 4) is 0 Å². The summed E-state index contributed by atoms with van der Waals surface area (Å²) in [5, 5.41) is -0.174. The number of amides is 1. The number of halogens is 2. The lowest BCUT2D eigenvalue weighted by atomic mass is 10.1. The number of hydrogen-bond acceptors (Lipinski definition) is 3. The van der Waals surface area contributed by atoms with Crippen LogP contribution in [0.5, 0.6) is 0 Å². The van der Waals surface area contributed by atoms with Gasteiger partial charge in [0.1, 0.15) is 5.82 Å². The number of aryl methyl sites for hydroxylation is 1. The molecule has 0 N–H and O–H groups in total. The maximum atomic E-state index is 13.6. The molecule has 0 saturated heterocycles. The van der Waals surface area contributed by atoms with Gasteiger partial charge in [-0.3, -0.25) is 14.5 Å². The lowest BCUT2D eigenvalue weighted by Crippen LogP contribution is -2.29. The first-order valence-electron chi connectivity index (χ1n) is 5.79. The summed E-state index contributed by atoms with van der Waals surface area (Å²) in [6.45, 7) is 0.148. The van der Waals surface area contributed by atoms with E-state index in [1.807, 2.05) is 0 Å². The predicted molar refractivity (Wildman–Crippen MR) is 70.1 cm³/mol. The highest BCUT2D eigenvalue weighted by molar-refractivity contribution is 6.52. The van der Waals surface area contributed by atoms with Crippen LogP contribution in [0.3, 0.4) is 0 Å². The SMILES string of the molecule is Cn1cncc1CN1C(=O)C(=O)c2cc(Cl)c(F)cc21. The minimum absolute atomic E-state index is 0.128. The van der Waals surface area contributed by atoms with Gasteiger partial charge in [0.15, 0.2) is 0 Å². The van der Waals surface area contributed by atoms with Crippen LogP contribution in [-0.2, 0) is 18.4 Å². The molecule has 0 unspecified atom stereocenters. The molecule has 2 heterocycles. The van der Waals surface area contributed by atoms with E-state index < -0.39 is 17.5 Å². The van der Waals surface area contributed by atoms with Crippen LogP contribution in [0.2, 0.25) is 5.02 Å². The number of anilines is 1. The van der Waals surface area contributed by atoms with Crippen molar-refractivity contribution in [3.05, 3.63) is 46.8 Å². The first-order chi connectivity index (χ1) is 9.49. The molecule has 20 heavy (non-hydrogen) atoms. The molecule has 0 aliphatic carbocycles. The zero-order chi connectivity index (χ0) is 14.4. The van der Waals surface area contributed by atoms with E-state index in [1.165, 1.54) is 11.0 Å². The Morgan fingerprint density at radius 1 is 1.35 bits per heavy atom. The fourth-order valence-corrected chi connectivity index (χ4v) is 2.31. The summed E-state index contributed by atoms with van der Waals surface area (Å²) in [5.74, 6) is -2.03. The second-order valence-corrected chi connectivity index (χ2v) is 4.91. The molecule has 1 aliphatic heterocycles. The average Bonchev–Trinajstić information content (AvgIpc) is 2.90. The highest BCUT2D eigenvalue weighted by Gasteiger charge is 2.37. The number of carbonyl (C=O) groups excluding carboxylic acids is 2. The predicted octanol–water partition coefficient (Wildman–Crippen LogP) is 1.94. The molecular formula is C13H9ClFN3O2. The molecule has 102 valence electrons. The van der Waals surface area contributed by atoms with Gasteiger partial charge in [0.25, 0.3) is 11.7 Å². The van der Waals surface area contributed by atoms with Crippen LogP contribution in [0.15, 0.2) is 24.7 Å². The maximum Gasteiger partial charge on any atom is 0.299 e. The van der Waals surface area contributed by atoms with Gasteiger partial charge in [0.2, 0.25) is 0 Å². The van der Waals surface area contributed by atoms with E-state index in [1.54, 1.807) is 24.1 Å². The summed E-state index contributed by atoms with van der Waals surface area (Å²) in [6.07, 6.45) is 3.17. The van der Waals surface area contributed by atoms with Gasteiger partial charge >= 0.3 is 0 Å². The summed E-state index contributed by atoms with van der Waals surface area (Å²) in [5.41, 5.74) is 1.10. The average molecular weight is 294 g/mol. The molecule has 3 rings (SSSR count). The van der Waals surface area contributed by atoms with E-state index in [2.05, 4.69) is 4.98 Å². The molecule has 0 spiro atoms. The van der Waals surface area contributed by atoms with Gasteiger partial charge in [-0.1, -0.05) is 11.6 Å². The van der Waals surface area contributed by atoms with Gasteiger partial charge in [0.05, 0.1) is 34.8 Å². The minimum atomic E-state index is -0.692. The molecule has 0 atom stereocenters. The van der Waals surface area contributed by atoms with Crippen LogP contribution in [-0.4, -0.2) is 21.2 Å². The zero-order valence-corrected chi connectivity index (χ0v) is 11.2. The Labute approximate surface area is 118 Å². The molecule has 0 bridgehead atoms. The Kier molecular flexibility index (Phi) is 2.83. The summed E-state index contributed by atoms with van der Waals surface area (Å²) in [6, 6.07) is 2.30. The van der Waals surface area contributed by atoms with Crippen LogP contribution in [0.25, 0.3) is 0 Å². The Balaban J connectivity index is 2.06. The first kappa shape index (κ1) is 12.8. The molecule has 2 aromatic rings. The first-order valence-corrected chi connectivity index (χ1v) is 6.17. The molecule has 1 amide bonds. The number of rotatable bonds is 2. The van der Waals surface area contributed by atoms with Gasteiger partial charge < -0.3 is 4.57 Å². The molecule has 0 radical (unpaired) electrons. The fourth-order valence-electron chi connectivity index (χ4n) is 2.14. The smallest absolute Gasteiger partial charge is 0.299 e. The second-order valence-electron chi connectivity index (χ2n) is 4.50. The molecule has 7 heteroatoms. The van der Waals surface area contributed by atoms with Crippen LogP contribution in [0.4, 0.5) is 10.1 Å². The number of benzene rings is 1. The zero-order valence-electron chi connectivity index (χ0n) is 10.4. The van der Waals surface area contributed by atoms with Crippen molar-refractivity contribution in [2.24, 2.45) is 7.05 Å². The van der Waals surface area contributed by atoms with Gasteiger partial charge in [-0.15, -0.1) is 0 Å². The number of imidazole rings is 1. The quantitative estimate of drug-likeness (QED) is 0.795. The summed E-state index contributed by atoms with van der Waals surface area (Å²) in [4.78, 5) is 29.1. The number of aromatic nitrogens is 2. The van der Waals surface area contributed by atoms with Gasteiger partial charge in [0, 0.05) is 13.2 Å². The number of Topliss-reactive ketones (excluding diaryl/α,β-unsaturated/α-hetero) is 1. The van der Waals surface area contributed by atoms with Gasteiger partial charge in [-0.2, -0.15) is 0 Å². The number of ketones is 1. The van der Waals surface area contributed by atoms with E-state index in [-0.39, 0.29) is 22.8 Å². The van der Waals surface area contributed by atoms with Crippen molar-refractivity contribution in [2.45, 2.75) is 6.54 Å². The van der Waals surface area contributed by atoms with Crippen LogP contribution in [0, 0.1) is 5.82 Å². The Morgan fingerprint density at radius 2 is 2.10 bits per heavy atom. The third-order valence-electron chi connectivity index (χ3n) is 3.25. The van der Waals surface area contributed by atoms with Crippen molar-refractivity contribution in [2.75, 3.05) is 4.90 Å². The molecule has 0 saturated carbocycles. The number of fused-ring (bicyclic) bond motifs is 1. The highest BCUT2D eigenvalue weighted by Crippen LogP contribution is 2.34. The van der Waals surface area contributed by atoms with E-state index >= 15 is 0 Å². The molecule has 1 aromatic heterocycles. The van der Waals surface area contributed by atoms with Crippen LogP contribution < -0.4 is 4.90 Å².